The number of nitrogens with one attached hydrogen (secondary N) is 1. The van der Waals surface area contributed by atoms with Crippen LogP contribution in [0.15, 0.2) is 4.99 Å². The van der Waals surface area contributed by atoms with Crippen molar-refractivity contribution in [2.75, 3.05) is 5.75 Å². The van der Waals surface area contributed by atoms with Crippen molar-refractivity contribution in [2.45, 2.75) is 24.1 Å². The van der Waals surface area contributed by atoms with Gasteiger partial charge >= 0.3 is 0 Å². The lowest BCUT2D eigenvalue weighted by Gasteiger charge is -2.19. The number of guanidine groups is 1. The molecule has 1 amide bonds. The zero-order valence-corrected chi connectivity index (χ0v) is 8.47. The molecule has 0 aromatic carbocycles. The molecular formula is C7H11N3O3S. The van der Waals surface area contributed by atoms with E-state index < -0.39 is 26.5 Å². The van der Waals surface area contributed by atoms with Crippen molar-refractivity contribution < 1.29 is 13.2 Å². The van der Waals surface area contributed by atoms with Crippen LogP contribution in [0.1, 0.15) is 13.3 Å². The van der Waals surface area contributed by atoms with Crippen LogP contribution >= 0.6 is 0 Å². The lowest BCUT2D eigenvalue weighted by atomic mass is 9.94. The minimum atomic E-state index is -3.20. The van der Waals surface area contributed by atoms with E-state index in [2.05, 4.69) is 10.3 Å². The van der Waals surface area contributed by atoms with Crippen molar-refractivity contribution in [3.63, 3.8) is 0 Å². The number of nitrogens with two attached hydrogens (primary N) is 1. The number of sulfone groups is 1. The number of rotatable bonds is 0. The quantitative estimate of drug-likeness (QED) is 0.509. The van der Waals surface area contributed by atoms with E-state index in [0.29, 0.717) is 0 Å². The molecule has 0 aromatic rings. The van der Waals surface area contributed by atoms with Gasteiger partial charge in [-0.25, -0.2) is 13.4 Å². The number of carbonyl (C=O) groups excluding carboxylic acids is 1. The summed E-state index contributed by atoms with van der Waals surface area (Å²) in [5.41, 5.74) is 4.19. The molecule has 2 rings (SSSR count). The Bertz CT molecular complexity index is 427. The van der Waals surface area contributed by atoms with Crippen LogP contribution in [0.5, 0.6) is 0 Å². The molecule has 2 aliphatic heterocycles. The largest absolute Gasteiger partial charge is 0.370 e. The number of hydrogen-bond acceptors (Lipinski definition) is 5. The van der Waals surface area contributed by atoms with Gasteiger partial charge < -0.3 is 5.73 Å². The zero-order valence-electron chi connectivity index (χ0n) is 7.65. The first-order valence-electron chi connectivity index (χ1n) is 4.27. The lowest BCUT2D eigenvalue weighted by Crippen LogP contribution is -2.46. The van der Waals surface area contributed by atoms with E-state index in [-0.39, 0.29) is 18.1 Å². The molecule has 2 heterocycles. The summed E-state index contributed by atoms with van der Waals surface area (Å²) >= 11 is 0. The summed E-state index contributed by atoms with van der Waals surface area (Å²) in [6.07, 6.45) is 0.225. The second-order valence-corrected chi connectivity index (χ2v) is 6.08. The van der Waals surface area contributed by atoms with Crippen molar-refractivity contribution in [1.29, 1.82) is 0 Å². The van der Waals surface area contributed by atoms with Gasteiger partial charge in [-0.3, -0.25) is 10.1 Å². The van der Waals surface area contributed by atoms with Crippen molar-refractivity contribution >= 4 is 21.7 Å². The first-order chi connectivity index (χ1) is 6.38. The van der Waals surface area contributed by atoms with Crippen molar-refractivity contribution in [1.82, 2.24) is 5.32 Å². The Morgan fingerprint density at radius 2 is 2.29 bits per heavy atom. The molecule has 14 heavy (non-hydrogen) atoms. The summed E-state index contributed by atoms with van der Waals surface area (Å²) in [7, 11) is -3.20. The molecule has 2 unspecified atom stereocenters. The number of carbonyl (C=O) groups is 1. The van der Waals surface area contributed by atoms with Gasteiger partial charge in [0.05, 0.1) is 11.0 Å². The van der Waals surface area contributed by atoms with Crippen LogP contribution in [-0.2, 0) is 14.6 Å². The first-order valence-corrected chi connectivity index (χ1v) is 5.98. The Balaban J connectivity index is 2.50. The highest BCUT2D eigenvalue weighted by molar-refractivity contribution is 7.92. The molecule has 2 atom stereocenters. The fourth-order valence-corrected chi connectivity index (χ4v) is 3.76. The first kappa shape index (κ1) is 9.45. The monoisotopic (exact) mass is 217 g/mol. The predicted molar refractivity (Wildman–Crippen MR) is 50.4 cm³/mol. The summed E-state index contributed by atoms with van der Waals surface area (Å²) in [5, 5.41) is 1.56. The maximum atomic E-state index is 11.5. The third kappa shape index (κ3) is 0.985. The number of hydrogen-bond donors (Lipinski definition) is 2. The molecule has 78 valence electrons. The van der Waals surface area contributed by atoms with Gasteiger partial charge in [-0.2, -0.15) is 0 Å². The Labute approximate surface area is 81.5 Å². The highest BCUT2D eigenvalue weighted by atomic mass is 32.2. The van der Waals surface area contributed by atoms with E-state index in [1.807, 2.05) is 0 Å². The molecule has 7 heteroatoms. The second-order valence-electron chi connectivity index (χ2n) is 3.63. The molecule has 3 N–H and O–H groups in total. The summed E-state index contributed by atoms with van der Waals surface area (Å²) in [6, 6.07) is 0. The van der Waals surface area contributed by atoms with Crippen LogP contribution in [0.25, 0.3) is 0 Å². The Morgan fingerprint density at radius 3 is 2.64 bits per heavy atom. The van der Waals surface area contributed by atoms with E-state index in [9.17, 15) is 13.2 Å². The smallest absolute Gasteiger partial charge is 0.256 e. The van der Waals surface area contributed by atoms with Gasteiger partial charge in [0.1, 0.15) is 0 Å². The van der Waals surface area contributed by atoms with Gasteiger partial charge in [0.15, 0.2) is 21.3 Å². The molecule has 0 aliphatic carbocycles. The van der Waals surface area contributed by atoms with E-state index in [1.54, 1.807) is 0 Å². The maximum absolute atomic E-state index is 11.5. The summed E-state index contributed by atoms with van der Waals surface area (Å²) < 4.78 is 23.0. The topological polar surface area (TPSA) is 102 Å². The predicted octanol–water partition coefficient (Wildman–Crippen LogP) is -1.62. The second kappa shape index (κ2) is 2.47. The molecule has 0 aromatic heterocycles. The molecule has 6 nitrogen and oxygen atoms in total. The Morgan fingerprint density at radius 1 is 1.64 bits per heavy atom. The van der Waals surface area contributed by atoms with Crippen LogP contribution in [0.2, 0.25) is 0 Å². The van der Waals surface area contributed by atoms with E-state index in [4.69, 9.17) is 5.73 Å². The lowest BCUT2D eigenvalue weighted by molar-refractivity contribution is -0.123. The van der Waals surface area contributed by atoms with Crippen molar-refractivity contribution in [3.05, 3.63) is 0 Å². The zero-order chi connectivity index (χ0) is 10.6. The highest BCUT2D eigenvalue weighted by Crippen LogP contribution is 2.36. The molecule has 0 saturated carbocycles. The summed E-state index contributed by atoms with van der Waals surface area (Å²) in [4.78, 5) is 15.5. The average Bonchev–Trinajstić information content (AvgIpc) is 2.47. The highest BCUT2D eigenvalue weighted by Gasteiger charge is 2.57. The molecule has 0 radical (unpaired) electrons. The van der Waals surface area contributed by atoms with Crippen LogP contribution in [0.4, 0.5) is 0 Å². The maximum Gasteiger partial charge on any atom is 0.256 e. The van der Waals surface area contributed by atoms with Crippen LogP contribution in [0.3, 0.4) is 0 Å². The number of nitrogens with zero attached hydrogens (tertiary/aromatic N) is 1. The van der Waals surface area contributed by atoms with Crippen molar-refractivity contribution in [3.8, 4) is 0 Å². The van der Waals surface area contributed by atoms with Gasteiger partial charge in [0, 0.05) is 0 Å². The molecule has 1 spiro atoms. The molecule has 1 fully saturated rings. The van der Waals surface area contributed by atoms with Crippen molar-refractivity contribution in [2.24, 2.45) is 10.7 Å². The standard InChI is InChI=1S/C7H11N3O3S/c1-4-7(2-3-14(4,12)13)5(11)9-6(8)10-7/h4H,2-3H2,1H3,(H3,8,9,10,11). The van der Waals surface area contributed by atoms with E-state index in [0.717, 1.165) is 0 Å². The van der Waals surface area contributed by atoms with Gasteiger partial charge in [-0.1, -0.05) is 0 Å². The normalized spacial score (nSPS) is 39.9. The van der Waals surface area contributed by atoms with E-state index >= 15 is 0 Å². The molecule has 2 aliphatic rings. The number of amides is 1. The Kier molecular flexibility index (Phi) is 1.67. The van der Waals surface area contributed by atoms with Crippen LogP contribution in [0, 0.1) is 0 Å². The molecule has 1 saturated heterocycles. The third-order valence-corrected chi connectivity index (χ3v) is 5.17. The minimum absolute atomic E-state index is 0.00162. The molecular weight excluding hydrogens is 206 g/mol. The van der Waals surface area contributed by atoms with Gasteiger partial charge in [0.25, 0.3) is 5.91 Å². The fourth-order valence-electron chi connectivity index (χ4n) is 1.94. The van der Waals surface area contributed by atoms with Gasteiger partial charge in [-0.15, -0.1) is 0 Å². The average molecular weight is 217 g/mol. The SMILES string of the molecule is CC1C2(CCS1(=O)=O)N=C(N)NC2=O. The fraction of sp³-hybridized carbons (Fsp3) is 0.714. The summed E-state index contributed by atoms with van der Waals surface area (Å²) in [6.45, 7) is 1.50. The minimum Gasteiger partial charge on any atom is -0.370 e. The molecule has 0 bridgehead atoms. The van der Waals surface area contributed by atoms with Crippen LogP contribution < -0.4 is 11.1 Å². The van der Waals surface area contributed by atoms with Gasteiger partial charge in [-0.05, 0) is 13.3 Å². The number of aliphatic imine (C=N–C) groups is 1. The third-order valence-electron chi connectivity index (χ3n) is 2.93. The van der Waals surface area contributed by atoms with E-state index in [1.165, 1.54) is 6.92 Å². The van der Waals surface area contributed by atoms with Gasteiger partial charge in [0.2, 0.25) is 0 Å². The van der Waals surface area contributed by atoms with Crippen LogP contribution in [-0.4, -0.2) is 36.8 Å². The Hall–Kier alpha value is -1.11. The summed E-state index contributed by atoms with van der Waals surface area (Å²) in [5.74, 6) is -0.388.